The fraction of sp³-hybridized carbons (Fsp3) is 0.222. The molecule has 0 radical (unpaired) electrons. The number of carbonyl (C=O) groups is 2. The van der Waals surface area contributed by atoms with Crippen LogP contribution in [0.25, 0.3) is 0 Å². The molecule has 0 bridgehead atoms. The van der Waals surface area contributed by atoms with Crippen molar-refractivity contribution in [1.29, 1.82) is 0 Å². The van der Waals surface area contributed by atoms with E-state index >= 15 is 0 Å². The van der Waals surface area contributed by atoms with Gasteiger partial charge in [-0.05, 0) is 23.3 Å². The van der Waals surface area contributed by atoms with Gasteiger partial charge in [-0.1, -0.05) is 42.5 Å². The van der Waals surface area contributed by atoms with Crippen LogP contribution in [0.2, 0.25) is 0 Å². The Kier molecular flexibility index (Phi) is 4.12. The molecule has 3 rings (SSSR count). The first kappa shape index (κ1) is 15.2. The van der Waals surface area contributed by atoms with Gasteiger partial charge >= 0.3 is 5.97 Å². The third-order valence-corrected chi connectivity index (χ3v) is 4.12. The van der Waals surface area contributed by atoms with Gasteiger partial charge in [-0.15, -0.1) is 0 Å². The minimum absolute atomic E-state index is 0.169. The molecule has 5 heteroatoms. The van der Waals surface area contributed by atoms with Crippen LogP contribution >= 0.6 is 0 Å². The maximum atomic E-state index is 11.9. The molecule has 0 saturated carbocycles. The summed E-state index contributed by atoms with van der Waals surface area (Å²) >= 11 is 0. The maximum absolute atomic E-state index is 11.9. The van der Waals surface area contributed by atoms with Crippen LogP contribution in [0.15, 0.2) is 54.6 Å². The number of benzene rings is 2. The molecule has 1 fully saturated rings. The second-order valence-corrected chi connectivity index (χ2v) is 5.59. The highest BCUT2D eigenvalue weighted by atomic mass is 16.5. The van der Waals surface area contributed by atoms with E-state index in [1.54, 1.807) is 12.1 Å². The first-order valence-corrected chi connectivity index (χ1v) is 7.36. The third kappa shape index (κ3) is 2.96. The van der Waals surface area contributed by atoms with Crippen molar-refractivity contribution in [2.24, 2.45) is 0 Å². The quantitative estimate of drug-likeness (QED) is 0.883. The van der Waals surface area contributed by atoms with Crippen molar-refractivity contribution in [3.8, 4) is 0 Å². The van der Waals surface area contributed by atoms with Gasteiger partial charge in [-0.25, -0.2) is 0 Å². The van der Waals surface area contributed by atoms with Crippen molar-refractivity contribution in [3.63, 3.8) is 0 Å². The standard InChI is InChI=1S/C18H17NO4/c20-16(21)10-19-17(22)13-6-8-15(9-7-13)18(11-23-12-18)14-4-2-1-3-5-14/h1-9H,10-12H2,(H,19,22)(H,20,21). The highest BCUT2D eigenvalue weighted by Gasteiger charge is 2.41. The van der Waals surface area contributed by atoms with Gasteiger partial charge in [0.2, 0.25) is 0 Å². The fourth-order valence-corrected chi connectivity index (χ4v) is 2.76. The molecule has 0 spiro atoms. The van der Waals surface area contributed by atoms with E-state index in [2.05, 4.69) is 17.4 Å². The van der Waals surface area contributed by atoms with Crippen LogP contribution < -0.4 is 5.32 Å². The van der Waals surface area contributed by atoms with Crippen molar-refractivity contribution in [3.05, 3.63) is 71.3 Å². The summed E-state index contributed by atoms with van der Waals surface area (Å²) in [5.41, 5.74) is 2.55. The van der Waals surface area contributed by atoms with Crippen molar-refractivity contribution in [1.82, 2.24) is 5.32 Å². The minimum Gasteiger partial charge on any atom is -0.480 e. The van der Waals surface area contributed by atoms with Crippen LogP contribution in [0.3, 0.4) is 0 Å². The van der Waals surface area contributed by atoms with Crippen LogP contribution in [0.5, 0.6) is 0 Å². The Bertz CT molecular complexity index is 706. The number of carbonyl (C=O) groups excluding carboxylic acids is 1. The molecule has 1 saturated heterocycles. The lowest BCUT2D eigenvalue weighted by molar-refractivity contribution is -0.135. The summed E-state index contributed by atoms with van der Waals surface area (Å²) < 4.78 is 5.45. The van der Waals surface area contributed by atoms with E-state index in [4.69, 9.17) is 9.84 Å². The van der Waals surface area contributed by atoms with Crippen LogP contribution in [0, 0.1) is 0 Å². The first-order chi connectivity index (χ1) is 11.1. The number of amides is 1. The van der Waals surface area contributed by atoms with E-state index in [0.717, 1.165) is 5.56 Å². The molecule has 118 valence electrons. The smallest absolute Gasteiger partial charge is 0.322 e. The lowest BCUT2D eigenvalue weighted by atomic mass is 9.73. The van der Waals surface area contributed by atoms with Gasteiger partial charge in [0.05, 0.1) is 18.6 Å². The molecule has 23 heavy (non-hydrogen) atoms. The topological polar surface area (TPSA) is 75.6 Å². The number of nitrogens with one attached hydrogen (secondary N) is 1. The highest BCUT2D eigenvalue weighted by molar-refractivity contribution is 5.95. The summed E-state index contributed by atoms with van der Waals surface area (Å²) in [7, 11) is 0. The summed E-state index contributed by atoms with van der Waals surface area (Å²) in [4.78, 5) is 22.4. The van der Waals surface area contributed by atoms with Gasteiger partial charge in [-0.2, -0.15) is 0 Å². The van der Waals surface area contributed by atoms with Gasteiger partial charge in [-0.3, -0.25) is 9.59 Å². The van der Waals surface area contributed by atoms with E-state index in [1.807, 2.05) is 30.3 Å². The lowest BCUT2D eigenvalue weighted by Crippen LogP contribution is -2.47. The number of carboxylic acids is 1. The molecule has 0 unspecified atom stereocenters. The SMILES string of the molecule is O=C(O)CNC(=O)c1ccc(C2(c3ccccc3)COC2)cc1. The van der Waals surface area contributed by atoms with Gasteiger partial charge in [0.1, 0.15) is 6.54 Å². The number of aliphatic carboxylic acids is 1. The second kappa shape index (κ2) is 6.22. The summed E-state index contributed by atoms with van der Waals surface area (Å²) in [6, 6.07) is 17.4. The molecular weight excluding hydrogens is 294 g/mol. The predicted octanol–water partition coefficient (Wildman–Crippen LogP) is 1.82. The molecule has 0 atom stereocenters. The number of hydrogen-bond donors (Lipinski definition) is 2. The molecule has 1 amide bonds. The van der Waals surface area contributed by atoms with Crippen molar-refractivity contribution in [2.45, 2.75) is 5.41 Å². The molecule has 1 aliphatic heterocycles. The monoisotopic (exact) mass is 311 g/mol. The molecular formula is C18H17NO4. The van der Waals surface area contributed by atoms with E-state index in [9.17, 15) is 9.59 Å². The Morgan fingerprint density at radius 3 is 2.13 bits per heavy atom. The van der Waals surface area contributed by atoms with E-state index in [1.165, 1.54) is 5.56 Å². The van der Waals surface area contributed by atoms with E-state index < -0.39 is 11.9 Å². The average molecular weight is 311 g/mol. The maximum Gasteiger partial charge on any atom is 0.322 e. The van der Waals surface area contributed by atoms with Crippen molar-refractivity contribution < 1.29 is 19.4 Å². The Balaban J connectivity index is 1.81. The summed E-state index contributed by atoms with van der Waals surface area (Å²) in [6.07, 6.45) is 0. The zero-order valence-corrected chi connectivity index (χ0v) is 12.5. The zero-order chi connectivity index (χ0) is 16.3. The van der Waals surface area contributed by atoms with Gasteiger partial charge in [0, 0.05) is 5.56 Å². The molecule has 1 aliphatic rings. The number of rotatable bonds is 5. The van der Waals surface area contributed by atoms with Gasteiger partial charge in [0.25, 0.3) is 5.91 Å². The van der Waals surface area contributed by atoms with Crippen LogP contribution in [-0.2, 0) is 14.9 Å². The molecule has 5 nitrogen and oxygen atoms in total. The van der Waals surface area contributed by atoms with Crippen molar-refractivity contribution >= 4 is 11.9 Å². The largest absolute Gasteiger partial charge is 0.480 e. The second-order valence-electron chi connectivity index (χ2n) is 5.59. The van der Waals surface area contributed by atoms with Gasteiger partial charge in [0.15, 0.2) is 0 Å². The summed E-state index contributed by atoms with van der Waals surface area (Å²) in [5, 5.41) is 11.0. The number of hydrogen-bond acceptors (Lipinski definition) is 3. The molecule has 0 aromatic heterocycles. The predicted molar refractivity (Wildman–Crippen MR) is 84.5 cm³/mol. The number of ether oxygens (including phenoxy) is 1. The van der Waals surface area contributed by atoms with Crippen LogP contribution in [0.1, 0.15) is 21.5 Å². The van der Waals surface area contributed by atoms with E-state index in [0.29, 0.717) is 18.8 Å². The van der Waals surface area contributed by atoms with Crippen LogP contribution in [-0.4, -0.2) is 36.7 Å². The minimum atomic E-state index is -1.07. The van der Waals surface area contributed by atoms with Crippen molar-refractivity contribution in [2.75, 3.05) is 19.8 Å². The zero-order valence-electron chi connectivity index (χ0n) is 12.5. The van der Waals surface area contributed by atoms with Crippen LogP contribution in [0.4, 0.5) is 0 Å². The summed E-state index contributed by atoms with van der Waals surface area (Å²) in [6.45, 7) is 0.839. The summed E-state index contributed by atoms with van der Waals surface area (Å²) in [5.74, 6) is -1.46. The Morgan fingerprint density at radius 1 is 1.00 bits per heavy atom. The Labute approximate surface area is 133 Å². The Morgan fingerprint density at radius 2 is 1.61 bits per heavy atom. The number of carboxylic acid groups (broad SMARTS) is 1. The molecule has 2 N–H and O–H groups in total. The molecule has 2 aromatic carbocycles. The van der Waals surface area contributed by atoms with E-state index in [-0.39, 0.29) is 12.0 Å². The molecule has 1 heterocycles. The normalized spacial score (nSPS) is 15.5. The third-order valence-electron chi connectivity index (χ3n) is 4.12. The fourth-order valence-electron chi connectivity index (χ4n) is 2.76. The Hall–Kier alpha value is -2.66. The first-order valence-electron chi connectivity index (χ1n) is 7.36. The lowest BCUT2D eigenvalue weighted by Gasteiger charge is -2.42. The molecule has 0 aliphatic carbocycles. The highest BCUT2D eigenvalue weighted by Crippen LogP contribution is 2.39. The molecule has 2 aromatic rings. The van der Waals surface area contributed by atoms with Gasteiger partial charge < -0.3 is 15.2 Å². The average Bonchev–Trinajstić information content (AvgIpc) is 2.53.